The monoisotopic (exact) mass is 398 g/mol. The van der Waals surface area contributed by atoms with Gasteiger partial charge in [0, 0.05) is 17.7 Å². The van der Waals surface area contributed by atoms with Crippen molar-refractivity contribution >= 4 is 5.97 Å². The molecule has 0 saturated carbocycles. The van der Waals surface area contributed by atoms with Crippen LogP contribution in [0.1, 0.15) is 60.8 Å². The lowest BCUT2D eigenvalue weighted by Crippen LogP contribution is -2.21. The van der Waals surface area contributed by atoms with E-state index in [1.807, 2.05) is 20.8 Å². The van der Waals surface area contributed by atoms with Crippen LogP contribution in [-0.2, 0) is 22.9 Å². The van der Waals surface area contributed by atoms with Gasteiger partial charge >= 0.3 is 12.1 Å². The number of hydrogen-bond acceptors (Lipinski definition) is 4. The minimum absolute atomic E-state index is 0.0354. The molecule has 0 aliphatic carbocycles. The number of nitrogens with zero attached hydrogens (tertiary/aromatic N) is 2. The van der Waals surface area contributed by atoms with Crippen LogP contribution in [0.2, 0.25) is 0 Å². The number of ether oxygens (including phenoxy) is 2. The molecule has 2 aromatic rings. The summed E-state index contributed by atoms with van der Waals surface area (Å²) in [7, 11) is 1.20. The SMILES string of the molecule is CCOC(=O)c1nc(C(C)(C)C)n(Cc2cccc(OC)c2C(F)(F)F)c1C. The molecule has 0 radical (unpaired) electrons. The molecule has 0 saturated heterocycles. The quantitative estimate of drug-likeness (QED) is 0.683. The summed E-state index contributed by atoms with van der Waals surface area (Å²) in [6.07, 6.45) is -4.58. The number of esters is 1. The highest BCUT2D eigenvalue weighted by molar-refractivity contribution is 5.88. The molecular formula is C20H25F3N2O3. The Bertz CT molecular complexity index is 865. The molecule has 0 unspecified atom stereocenters. The number of alkyl halides is 3. The molecule has 0 bridgehead atoms. The largest absolute Gasteiger partial charge is 0.496 e. The molecular weight excluding hydrogens is 373 g/mol. The molecule has 1 heterocycles. The maximum absolute atomic E-state index is 13.7. The van der Waals surface area contributed by atoms with Gasteiger partial charge in [0.25, 0.3) is 0 Å². The Hall–Kier alpha value is -2.51. The molecule has 0 N–H and O–H groups in total. The van der Waals surface area contributed by atoms with Crippen molar-refractivity contribution in [2.45, 2.75) is 52.8 Å². The lowest BCUT2D eigenvalue weighted by atomic mass is 9.95. The zero-order chi connectivity index (χ0) is 21.3. The smallest absolute Gasteiger partial charge is 0.420 e. The van der Waals surface area contributed by atoms with Crippen molar-refractivity contribution < 1.29 is 27.4 Å². The van der Waals surface area contributed by atoms with Gasteiger partial charge in [-0.25, -0.2) is 9.78 Å². The van der Waals surface area contributed by atoms with Gasteiger partial charge in [0.2, 0.25) is 0 Å². The van der Waals surface area contributed by atoms with Crippen LogP contribution >= 0.6 is 0 Å². The average Bonchev–Trinajstić information content (AvgIpc) is 2.91. The summed E-state index contributed by atoms with van der Waals surface area (Å²) in [5.41, 5.74) is -0.716. The van der Waals surface area contributed by atoms with Crippen molar-refractivity contribution in [3.63, 3.8) is 0 Å². The predicted octanol–water partition coefficient (Wildman–Crippen LogP) is 4.74. The second kappa shape index (κ2) is 7.85. The number of imidazole rings is 1. The van der Waals surface area contributed by atoms with Gasteiger partial charge in [-0.1, -0.05) is 32.9 Å². The summed E-state index contributed by atoms with van der Waals surface area (Å²) >= 11 is 0. The first-order valence-electron chi connectivity index (χ1n) is 8.89. The van der Waals surface area contributed by atoms with Crippen LogP contribution < -0.4 is 4.74 Å². The zero-order valence-electron chi connectivity index (χ0n) is 16.9. The van der Waals surface area contributed by atoms with E-state index in [-0.39, 0.29) is 30.2 Å². The van der Waals surface area contributed by atoms with E-state index in [1.54, 1.807) is 18.4 Å². The molecule has 2 rings (SSSR count). The van der Waals surface area contributed by atoms with Crippen LogP contribution in [0, 0.1) is 6.92 Å². The summed E-state index contributed by atoms with van der Waals surface area (Å²) in [5.74, 6) is -0.333. The summed E-state index contributed by atoms with van der Waals surface area (Å²) in [4.78, 5) is 16.6. The highest BCUT2D eigenvalue weighted by Crippen LogP contribution is 2.39. The number of methoxy groups -OCH3 is 1. The van der Waals surface area contributed by atoms with Crippen LogP contribution in [0.3, 0.4) is 0 Å². The lowest BCUT2D eigenvalue weighted by Gasteiger charge is -2.22. The maximum atomic E-state index is 13.7. The van der Waals surface area contributed by atoms with Crippen molar-refractivity contribution in [2.75, 3.05) is 13.7 Å². The third-order valence-electron chi connectivity index (χ3n) is 4.30. The van der Waals surface area contributed by atoms with Gasteiger partial charge in [-0.15, -0.1) is 0 Å². The van der Waals surface area contributed by atoms with Crippen molar-refractivity contribution in [3.8, 4) is 5.75 Å². The van der Waals surface area contributed by atoms with Crippen LogP contribution in [0.5, 0.6) is 5.75 Å². The number of halogens is 3. The topological polar surface area (TPSA) is 53.3 Å². The summed E-state index contributed by atoms with van der Waals surface area (Å²) in [6, 6.07) is 4.20. The summed E-state index contributed by atoms with van der Waals surface area (Å²) in [6.45, 7) is 9.08. The Morgan fingerprint density at radius 3 is 2.36 bits per heavy atom. The fourth-order valence-electron chi connectivity index (χ4n) is 3.06. The second-order valence-electron chi connectivity index (χ2n) is 7.42. The number of aromatic nitrogens is 2. The van der Waals surface area contributed by atoms with Gasteiger partial charge in [-0.3, -0.25) is 0 Å². The zero-order valence-corrected chi connectivity index (χ0v) is 16.9. The minimum Gasteiger partial charge on any atom is -0.496 e. The molecule has 0 aliphatic heterocycles. The molecule has 0 fully saturated rings. The molecule has 1 aromatic heterocycles. The van der Waals surface area contributed by atoms with Crippen molar-refractivity contribution in [3.05, 3.63) is 46.5 Å². The highest BCUT2D eigenvalue weighted by atomic mass is 19.4. The molecule has 154 valence electrons. The minimum atomic E-state index is -4.58. The van der Waals surface area contributed by atoms with Crippen molar-refractivity contribution in [1.82, 2.24) is 9.55 Å². The average molecular weight is 398 g/mol. The normalized spacial score (nSPS) is 12.2. The van der Waals surface area contributed by atoms with Crippen LogP contribution in [0.15, 0.2) is 18.2 Å². The van der Waals surface area contributed by atoms with Gasteiger partial charge in [0.15, 0.2) is 5.69 Å². The number of rotatable bonds is 5. The van der Waals surface area contributed by atoms with Gasteiger partial charge < -0.3 is 14.0 Å². The van der Waals surface area contributed by atoms with Crippen LogP contribution in [-0.4, -0.2) is 29.2 Å². The number of benzene rings is 1. The van der Waals surface area contributed by atoms with E-state index in [2.05, 4.69) is 4.98 Å². The van der Waals surface area contributed by atoms with E-state index in [9.17, 15) is 18.0 Å². The molecule has 0 atom stereocenters. The first-order chi connectivity index (χ1) is 12.9. The van der Waals surface area contributed by atoms with Crippen LogP contribution in [0.25, 0.3) is 0 Å². The fourth-order valence-corrected chi connectivity index (χ4v) is 3.06. The molecule has 0 spiro atoms. The molecule has 0 aliphatic rings. The lowest BCUT2D eigenvalue weighted by molar-refractivity contribution is -0.139. The first-order valence-corrected chi connectivity index (χ1v) is 8.89. The third kappa shape index (κ3) is 4.31. The van der Waals surface area contributed by atoms with Gasteiger partial charge in [-0.05, 0) is 25.5 Å². The Kier molecular flexibility index (Phi) is 6.11. The molecule has 1 aromatic carbocycles. The Morgan fingerprint density at radius 1 is 1.21 bits per heavy atom. The Morgan fingerprint density at radius 2 is 1.86 bits per heavy atom. The van der Waals surface area contributed by atoms with Crippen molar-refractivity contribution in [2.24, 2.45) is 0 Å². The number of carbonyl (C=O) groups excluding carboxylic acids is 1. The molecule has 0 amide bonds. The van der Waals surface area contributed by atoms with Gasteiger partial charge in [0.1, 0.15) is 17.1 Å². The summed E-state index contributed by atoms with van der Waals surface area (Å²) < 4.78 is 52.7. The van der Waals surface area contributed by atoms with E-state index >= 15 is 0 Å². The maximum Gasteiger partial charge on any atom is 0.420 e. The molecule has 28 heavy (non-hydrogen) atoms. The predicted molar refractivity (Wildman–Crippen MR) is 98.7 cm³/mol. The van der Waals surface area contributed by atoms with E-state index in [4.69, 9.17) is 9.47 Å². The number of carbonyl (C=O) groups is 1. The van der Waals surface area contributed by atoms with Crippen LogP contribution in [0.4, 0.5) is 13.2 Å². The molecule has 5 nitrogen and oxygen atoms in total. The summed E-state index contributed by atoms with van der Waals surface area (Å²) in [5, 5.41) is 0. The Labute approximate surface area is 162 Å². The van der Waals surface area contributed by atoms with E-state index in [0.29, 0.717) is 11.5 Å². The third-order valence-corrected chi connectivity index (χ3v) is 4.30. The Balaban J connectivity index is 2.66. The fraction of sp³-hybridized carbons (Fsp3) is 0.500. The van der Waals surface area contributed by atoms with Gasteiger partial charge in [-0.2, -0.15) is 13.2 Å². The van der Waals surface area contributed by atoms with E-state index in [0.717, 1.165) is 0 Å². The highest BCUT2D eigenvalue weighted by Gasteiger charge is 2.37. The van der Waals surface area contributed by atoms with Crippen molar-refractivity contribution in [1.29, 1.82) is 0 Å². The molecule has 8 heteroatoms. The van der Waals surface area contributed by atoms with Gasteiger partial charge in [0.05, 0.1) is 13.7 Å². The van der Waals surface area contributed by atoms with E-state index in [1.165, 1.54) is 25.3 Å². The number of hydrogen-bond donors (Lipinski definition) is 0. The van der Waals surface area contributed by atoms with E-state index < -0.39 is 23.1 Å². The first kappa shape index (κ1) is 21.8. The standard InChI is InChI=1S/C20H25F3N2O3/c1-7-28-17(26)16-12(2)25(18(24-16)19(3,4)5)11-13-9-8-10-14(27-6)15(13)20(21,22)23/h8-10H,7,11H2,1-6H3. The second-order valence-corrected chi connectivity index (χ2v) is 7.42.